The number of hydrogen-bond donors (Lipinski definition) is 2. The molecule has 9 heteroatoms. The van der Waals surface area contributed by atoms with E-state index in [-0.39, 0.29) is 5.91 Å². The number of ether oxygens (including phenoxy) is 2. The number of nitrogens with one attached hydrogen (secondary N) is 2. The van der Waals surface area contributed by atoms with E-state index in [1.807, 2.05) is 36.4 Å². The predicted octanol–water partition coefficient (Wildman–Crippen LogP) is 3.43. The highest BCUT2D eigenvalue weighted by Gasteiger charge is 2.18. The standard InChI is InChI=1S/C24H29N5O3S/c1-31-19-8-6-18(7-9-19)27-24-26-12-10-20(28-24)21-4-2-5-22(33-21)23(30)25-11-3-13-29-14-16-32-17-15-29/h4-10,12H,2-3,11,13-17H2,1H3,(H,25,30)(H,26,27,28). The van der Waals surface area contributed by atoms with Crippen molar-refractivity contribution in [1.29, 1.82) is 0 Å². The Kier molecular flexibility index (Phi) is 8.35. The highest BCUT2D eigenvalue weighted by Crippen LogP contribution is 2.37. The molecule has 2 N–H and O–H groups in total. The lowest BCUT2D eigenvalue weighted by atomic mass is 10.2. The molecule has 1 saturated heterocycles. The Balaban J connectivity index is 1.28. The van der Waals surface area contributed by atoms with Crippen LogP contribution >= 0.6 is 11.8 Å². The lowest BCUT2D eigenvalue weighted by Gasteiger charge is -2.26. The first kappa shape index (κ1) is 23.3. The number of carbonyl (C=O) groups excluding carboxylic acids is 1. The van der Waals surface area contributed by atoms with Gasteiger partial charge >= 0.3 is 0 Å². The average molecular weight is 468 g/mol. The molecule has 0 atom stereocenters. The minimum atomic E-state index is -0.0294. The van der Waals surface area contributed by atoms with E-state index in [1.165, 1.54) is 11.8 Å². The number of hydrogen-bond acceptors (Lipinski definition) is 8. The number of allylic oxidation sites excluding steroid dienone is 2. The molecule has 0 aliphatic carbocycles. The number of benzene rings is 1. The molecule has 0 unspecified atom stereocenters. The van der Waals surface area contributed by atoms with Gasteiger partial charge in [0.1, 0.15) is 5.75 Å². The number of methoxy groups -OCH3 is 1. The molecule has 1 aromatic heterocycles. The Bertz CT molecular complexity index is 1000. The van der Waals surface area contributed by atoms with Crippen molar-refractivity contribution >= 4 is 34.2 Å². The fourth-order valence-electron chi connectivity index (χ4n) is 3.55. The molecule has 2 aliphatic heterocycles. The molecule has 3 heterocycles. The lowest BCUT2D eigenvalue weighted by molar-refractivity contribution is -0.116. The maximum Gasteiger partial charge on any atom is 0.257 e. The third kappa shape index (κ3) is 6.80. The Hall–Kier alpha value is -2.88. The van der Waals surface area contributed by atoms with Crippen molar-refractivity contribution in [3.63, 3.8) is 0 Å². The molecule has 2 aromatic rings. The Morgan fingerprint density at radius 2 is 2.00 bits per heavy atom. The third-order valence-electron chi connectivity index (χ3n) is 5.34. The SMILES string of the molecule is COc1ccc(Nc2nccc(C3=CCC=C(C(=O)NCCCN4CCOCC4)S3)n2)cc1. The van der Waals surface area contributed by atoms with Crippen LogP contribution in [0.1, 0.15) is 18.5 Å². The maximum absolute atomic E-state index is 12.7. The first-order valence-corrected chi connectivity index (χ1v) is 11.9. The van der Waals surface area contributed by atoms with Crippen molar-refractivity contribution < 1.29 is 14.3 Å². The predicted molar refractivity (Wildman–Crippen MR) is 131 cm³/mol. The van der Waals surface area contributed by atoms with Crippen LogP contribution in [0.25, 0.3) is 4.91 Å². The fourth-order valence-corrected chi connectivity index (χ4v) is 4.53. The number of carbonyl (C=O) groups is 1. The summed E-state index contributed by atoms with van der Waals surface area (Å²) in [5.41, 5.74) is 1.66. The Labute approximate surface area is 198 Å². The zero-order valence-corrected chi connectivity index (χ0v) is 19.6. The van der Waals surface area contributed by atoms with Gasteiger partial charge in [-0.3, -0.25) is 9.69 Å². The second-order valence-corrected chi connectivity index (χ2v) is 8.74. The number of morpholine rings is 1. The van der Waals surface area contributed by atoms with E-state index in [9.17, 15) is 4.79 Å². The van der Waals surface area contributed by atoms with Gasteiger partial charge in [-0.2, -0.15) is 0 Å². The van der Waals surface area contributed by atoms with Crippen molar-refractivity contribution in [2.75, 3.05) is 51.8 Å². The molecule has 8 nitrogen and oxygen atoms in total. The molecule has 0 radical (unpaired) electrons. The number of anilines is 2. The van der Waals surface area contributed by atoms with Gasteiger partial charge in [0.2, 0.25) is 5.95 Å². The van der Waals surface area contributed by atoms with Crippen LogP contribution in [-0.2, 0) is 9.53 Å². The fraction of sp³-hybridized carbons (Fsp3) is 0.375. The lowest BCUT2D eigenvalue weighted by Crippen LogP contribution is -2.38. The summed E-state index contributed by atoms with van der Waals surface area (Å²) in [5, 5.41) is 6.26. The molecule has 0 bridgehead atoms. The summed E-state index contributed by atoms with van der Waals surface area (Å²) < 4.78 is 10.6. The van der Waals surface area contributed by atoms with Gasteiger partial charge in [-0.15, -0.1) is 0 Å². The minimum absolute atomic E-state index is 0.0294. The van der Waals surface area contributed by atoms with Gasteiger partial charge in [0.25, 0.3) is 5.91 Å². The molecular weight excluding hydrogens is 438 g/mol. The molecular formula is C24H29N5O3S. The summed E-state index contributed by atoms with van der Waals surface area (Å²) in [6.07, 6.45) is 7.39. The summed E-state index contributed by atoms with van der Waals surface area (Å²) >= 11 is 1.45. The molecule has 1 amide bonds. The summed E-state index contributed by atoms with van der Waals surface area (Å²) in [5.74, 6) is 1.26. The van der Waals surface area contributed by atoms with Crippen molar-refractivity contribution in [2.24, 2.45) is 0 Å². The minimum Gasteiger partial charge on any atom is -0.497 e. The average Bonchev–Trinajstić information content (AvgIpc) is 2.88. The van der Waals surface area contributed by atoms with Crippen molar-refractivity contribution in [3.8, 4) is 5.75 Å². The summed E-state index contributed by atoms with van der Waals surface area (Å²) in [6, 6.07) is 9.44. The number of thioether (sulfide) groups is 1. The first-order valence-electron chi connectivity index (χ1n) is 11.1. The number of aromatic nitrogens is 2. The Morgan fingerprint density at radius 3 is 2.79 bits per heavy atom. The zero-order chi connectivity index (χ0) is 22.9. The van der Waals surface area contributed by atoms with Crippen LogP contribution in [0.4, 0.5) is 11.6 Å². The van der Waals surface area contributed by atoms with Crippen LogP contribution in [0.3, 0.4) is 0 Å². The van der Waals surface area contributed by atoms with E-state index in [0.29, 0.717) is 23.8 Å². The van der Waals surface area contributed by atoms with Crippen molar-refractivity contribution in [2.45, 2.75) is 12.8 Å². The van der Waals surface area contributed by atoms with Crippen LogP contribution in [0.5, 0.6) is 5.75 Å². The summed E-state index contributed by atoms with van der Waals surface area (Å²) in [4.78, 5) is 25.7. The molecule has 2 aliphatic rings. The van der Waals surface area contributed by atoms with Gasteiger partial charge in [-0.25, -0.2) is 9.97 Å². The second kappa shape index (κ2) is 11.8. The van der Waals surface area contributed by atoms with Crippen molar-refractivity contribution in [1.82, 2.24) is 20.2 Å². The first-order chi connectivity index (χ1) is 16.2. The highest BCUT2D eigenvalue weighted by atomic mass is 32.2. The van der Waals surface area contributed by atoms with E-state index < -0.39 is 0 Å². The second-order valence-electron chi connectivity index (χ2n) is 7.66. The topological polar surface area (TPSA) is 88.6 Å². The molecule has 174 valence electrons. The van der Waals surface area contributed by atoms with Gasteiger partial charge in [0.05, 0.1) is 30.9 Å². The van der Waals surface area contributed by atoms with Gasteiger partial charge < -0.3 is 20.1 Å². The quantitative estimate of drug-likeness (QED) is 0.543. The van der Waals surface area contributed by atoms with E-state index in [4.69, 9.17) is 9.47 Å². The van der Waals surface area contributed by atoms with Crippen LogP contribution in [0.2, 0.25) is 0 Å². The van der Waals surface area contributed by atoms with E-state index in [1.54, 1.807) is 13.3 Å². The smallest absolute Gasteiger partial charge is 0.257 e. The van der Waals surface area contributed by atoms with Crippen LogP contribution < -0.4 is 15.4 Å². The number of amides is 1. The van der Waals surface area contributed by atoms with Gasteiger partial charge in [-0.1, -0.05) is 23.9 Å². The largest absolute Gasteiger partial charge is 0.497 e. The summed E-state index contributed by atoms with van der Waals surface area (Å²) in [7, 11) is 1.64. The highest BCUT2D eigenvalue weighted by molar-refractivity contribution is 8.12. The molecule has 0 saturated carbocycles. The molecule has 1 aromatic carbocycles. The number of nitrogens with zero attached hydrogens (tertiary/aromatic N) is 3. The van der Waals surface area contributed by atoms with E-state index in [0.717, 1.165) is 61.3 Å². The van der Waals surface area contributed by atoms with Gasteiger partial charge in [0, 0.05) is 36.4 Å². The number of rotatable bonds is 9. The van der Waals surface area contributed by atoms with Crippen LogP contribution in [-0.4, -0.2) is 67.3 Å². The molecule has 1 fully saturated rings. The summed E-state index contributed by atoms with van der Waals surface area (Å²) in [6.45, 7) is 5.17. The zero-order valence-electron chi connectivity index (χ0n) is 18.8. The molecule has 0 spiro atoms. The van der Waals surface area contributed by atoms with Crippen LogP contribution in [0.15, 0.2) is 53.6 Å². The van der Waals surface area contributed by atoms with Gasteiger partial charge in [0.15, 0.2) is 0 Å². The van der Waals surface area contributed by atoms with E-state index in [2.05, 4.69) is 31.6 Å². The normalized spacial score (nSPS) is 16.5. The third-order valence-corrected chi connectivity index (χ3v) is 6.51. The van der Waals surface area contributed by atoms with Gasteiger partial charge in [-0.05, 0) is 49.7 Å². The molecule has 33 heavy (non-hydrogen) atoms. The maximum atomic E-state index is 12.7. The Morgan fingerprint density at radius 1 is 1.18 bits per heavy atom. The van der Waals surface area contributed by atoms with Crippen LogP contribution in [0, 0.1) is 0 Å². The van der Waals surface area contributed by atoms with Crippen molar-refractivity contribution in [3.05, 3.63) is 59.3 Å². The molecule has 4 rings (SSSR count). The van der Waals surface area contributed by atoms with E-state index >= 15 is 0 Å². The monoisotopic (exact) mass is 467 g/mol.